The number of amides is 1. The van der Waals surface area contributed by atoms with Gasteiger partial charge >= 0.3 is 6.18 Å². The Hall–Kier alpha value is -3.43. The molecule has 2 aromatic heterocycles. The van der Waals surface area contributed by atoms with Crippen molar-refractivity contribution in [2.45, 2.75) is 12.7 Å². The number of anilines is 1. The van der Waals surface area contributed by atoms with Crippen LogP contribution in [0.5, 0.6) is 0 Å². The third kappa shape index (κ3) is 3.98. The Kier molecular flexibility index (Phi) is 5.15. The third-order valence-corrected chi connectivity index (χ3v) is 5.14. The number of nitrogens with zero attached hydrogens (tertiary/aromatic N) is 4. The van der Waals surface area contributed by atoms with Gasteiger partial charge in [0.2, 0.25) is 5.91 Å². The first-order valence-corrected chi connectivity index (χ1v) is 9.39. The Bertz CT molecular complexity index is 1120. The average molecular weight is 418 g/mol. The zero-order valence-electron chi connectivity index (χ0n) is 15.9. The van der Waals surface area contributed by atoms with E-state index in [-0.39, 0.29) is 18.0 Å². The molecule has 1 saturated heterocycles. The molecule has 0 atom stereocenters. The fraction of sp³-hybridized carbons (Fsp3) is 0.300. The van der Waals surface area contributed by atoms with Crippen molar-refractivity contribution < 1.29 is 22.9 Å². The van der Waals surface area contributed by atoms with Gasteiger partial charge in [0.15, 0.2) is 0 Å². The van der Waals surface area contributed by atoms with Crippen molar-refractivity contribution in [1.82, 2.24) is 14.5 Å². The number of para-hydroxylation sites is 2. The summed E-state index contributed by atoms with van der Waals surface area (Å²) in [6.45, 7) is 1.67. The molecule has 30 heavy (non-hydrogen) atoms. The van der Waals surface area contributed by atoms with Gasteiger partial charge in [0.25, 0.3) is 11.4 Å². The zero-order chi connectivity index (χ0) is 21.3. The number of rotatable bonds is 3. The molecule has 3 aromatic rings. The molecule has 0 aliphatic carbocycles. The molecule has 1 aliphatic rings. The van der Waals surface area contributed by atoms with Gasteiger partial charge in [-0.15, -0.1) is 0 Å². The van der Waals surface area contributed by atoms with Crippen LogP contribution in [-0.4, -0.2) is 46.5 Å². The number of aromatic nitrogens is 3. The quantitative estimate of drug-likeness (QED) is 0.648. The Morgan fingerprint density at radius 3 is 2.47 bits per heavy atom. The van der Waals surface area contributed by atoms with Crippen LogP contribution in [0.25, 0.3) is 11.0 Å². The fourth-order valence-electron chi connectivity index (χ4n) is 3.50. The summed E-state index contributed by atoms with van der Waals surface area (Å²) in [5.74, 6) is 0.371. The van der Waals surface area contributed by atoms with Gasteiger partial charge in [-0.25, -0.2) is 9.97 Å². The highest BCUT2D eigenvalue weighted by molar-refractivity contribution is 5.80. The van der Waals surface area contributed by atoms with E-state index >= 15 is 0 Å². The SMILES string of the molecule is O=C(Cn1c(=O)cnc2ccccc21)N1CCN(c2ccc(C(F)(F)F)c[nH+]2)CC1. The summed E-state index contributed by atoms with van der Waals surface area (Å²) in [5.41, 5.74) is 0.138. The van der Waals surface area contributed by atoms with Gasteiger partial charge in [0.1, 0.15) is 25.8 Å². The normalized spacial score (nSPS) is 14.9. The Morgan fingerprint density at radius 2 is 1.80 bits per heavy atom. The molecular weight excluding hydrogens is 399 g/mol. The number of hydrogen-bond donors (Lipinski definition) is 0. The predicted octanol–water partition coefficient (Wildman–Crippen LogP) is 1.58. The van der Waals surface area contributed by atoms with E-state index in [0.717, 1.165) is 12.3 Å². The highest BCUT2D eigenvalue weighted by atomic mass is 19.4. The Morgan fingerprint density at radius 1 is 1.07 bits per heavy atom. The fourth-order valence-corrected chi connectivity index (χ4v) is 3.50. The van der Waals surface area contributed by atoms with Crippen molar-refractivity contribution >= 4 is 22.8 Å². The van der Waals surface area contributed by atoms with Crippen molar-refractivity contribution in [3.05, 3.63) is 64.7 Å². The minimum absolute atomic E-state index is 0.0890. The van der Waals surface area contributed by atoms with Crippen molar-refractivity contribution in [3.63, 3.8) is 0 Å². The summed E-state index contributed by atoms with van der Waals surface area (Å²) in [5, 5.41) is 0. The first-order chi connectivity index (χ1) is 14.3. The van der Waals surface area contributed by atoms with E-state index in [1.807, 2.05) is 11.0 Å². The van der Waals surface area contributed by atoms with Gasteiger partial charge in [0, 0.05) is 6.07 Å². The van der Waals surface area contributed by atoms with Crippen LogP contribution < -0.4 is 15.4 Å². The number of pyridine rings is 1. The van der Waals surface area contributed by atoms with E-state index in [4.69, 9.17) is 0 Å². The molecule has 1 N–H and O–H groups in total. The van der Waals surface area contributed by atoms with Gasteiger partial charge < -0.3 is 4.90 Å². The molecule has 10 heteroatoms. The number of carbonyl (C=O) groups excluding carboxylic acids is 1. The number of fused-ring (bicyclic) bond motifs is 1. The molecule has 3 heterocycles. The maximum absolute atomic E-state index is 12.8. The van der Waals surface area contributed by atoms with E-state index in [0.29, 0.717) is 43.0 Å². The maximum atomic E-state index is 12.8. The van der Waals surface area contributed by atoms with Crippen LogP contribution in [0.2, 0.25) is 0 Å². The summed E-state index contributed by atoms with van der Waals surface area (Å²) in [6, 6.07) is 9.53. The van der Waals surface area contributed by atoms with E-state index in [1.54, 1.807) is 23.1 Å². The lowest BCUT2D eigenvalue weighted by Gasteiger charge is -2.31. The summed E-state index contributed by atoms with van der Waals surface area (Å²) in [6.07, 6.45) is -2.25. The minimum Gasteiger partial charge on any atom is -0.333 e. The largest absolute Gasteiger partial charge is 0.419 e. The molecule has 0 unspecified atom stereocenters. The summed E-state index contributed by atoms with van der Waals surface area (Å²) in [7, 11) is 0. The molecule has 0 radical (unpaired) electrons. The first-order valence-electron chi connectivity index (χ1n) is 9.39. The molecule has 0 bridgehead atoms. The van der Waals surface area contributed by atoms with Crippen LogP contribution in [0.3, 0.4) is 0 Å². The number of hydrogen-bond acceptors (Lipinski definition) is 4. The maximum Gasteiger partial charge on any atom is 0.419 e. The van der Waals surface area contributed by atoms with Gasteiger partial charge in [0.05, 0.1) is 35.9 Å². The molecule has 4 rings (SSSR count). The van der Waals surface area contributed by atoms with E-state index < -0.39 is 11.7 Å². The number of carbonyl (C=O) groups is 1. The van der Waals surface area contributed by atoms with Crippen molar-refractivity contribution in [3.8, 4) is 0 Å². The predicted molar refractivity (Wildman–Crippen MR) is 103 cm³/mol. The van der Waals surface area contributed by atoms with Crippen LogP contribution in [0.15, 0.2) is 53.6 Å². The van der Waals surface area contributed by atoms with Gasteiger partial charge in [-0.05, 0) is 18.2 Å². The molecule has 1 amide bonds. The van der Waals surface area contributed by atoms with Crippen molar-refractivity contribution in [2.24, 2.45) is 0 Å². The second-order valence-corrected chi connectivity index (χ2v) is 7.00. The molecule has 7 nitrogen and oxygen atoms in total. The number of aromatic amines is 1. The molecular formula is C20H19F3N5O2+. The highest BCUT2D eigenvalue weighted by Gasteiger charge is 2.33. The number of halogens is 3. The zero-order valence-corrected chi connectivity index (χ0v) is 15.9. The second kappa shape index (κ2) is 7.77. The number of alkyl halides is 3. The average Bonchev–Trinajstić information content (AvgIpc) is 2.75. The van der Waals surface area contributed by atoms with Crippen LogP contribution >= 0.6 is 0 Å². The number of piperazine rings is 1. The summed E-state index contributed by atoms with van der Waals surface area (Å²) < 4.78 is 39.5. The van der Waals surface area contributed by atoms with Gasteiger partial charge in [-0.1, -0.05) is 12.1 Å². The molecule has 0 spiro atoms. The minimum atomic E-state index is -4.39. The van der Waals surface area contributed by atoms with E-state index in [1.165, 1.54) is 16.8 Å². The molecule has 1 fully saturated rings. The second-order valence-electron chi connectivity index (χ2n) is 7.00. The smallest absolute Gasteiger partial charge is 0.333 e. The number of nitrogens with one attached hydrogen (secondary N) is 1. The van der Waals surface area contributed by atoms with Gasteiger partial charge in [-0.3, -0.25) is 19.1 Å². The first kappa shape index (κ1) is 19.9. The van der Waals surface area contributed by atoms with Crippen molar-refractivity contribution in [2.75, 3.05) is 31.1 Å². The molecule has 1 aliphatic heterocycles. The Labute approximate surface area is 169 Å². The Balaban J connectivity index is 1.42. The van der Waals surface area contributed by atoms with Crippen LogP contribution in [0.1, 0.15) is 5.56 Å². The van der Waals surface area contributed by atoms with Crippen LogP contribution in [0, 0.1) is 0 Å². The third-order valence-electron chi connectivity index (χ3n) is 5.14. The highest BCUT2D eigenvalue weighted by Crippen LogP contribution is 2.28. The standard InChI is InChI=1S/C20H18F3N5O2/c21-20(22,23)14-5-6-17(25-11-14)26-7-9-27(10-8-26)19(30)13-28-16-4-2-1-3-15(16)24-12-18(28)29/h1-6,11-12H,7-10,13H2/p+1. The topological polar surface area (TPSA) is 72.6 Å². The summed E-state index contributed by atoms with van der Waals surface area (Å²) >= 11 is 0. The lowest BCUT2D eigenvalue weighted by molar-refractivity contribution is -0.367. The molecule has 1 aromatic carbocycles. The lowest BCUT2D eigenvalue weighted by atomic mass is 10.2. The van der Waals surface area contributed by atoms with Gasteiger partial charge in [-0.2, -0.15) is 13.2 Å². The lowest BCUT2D eigenvalue weighted by Crippen LogP contribution is -2.51. The van der Waals surface area contributed by atoms with Crippen molar-refractivity contribution in [1.29, 1.82) is 0 Å². The number of benzene rings is 1. The van der Waals surface area contributed by atoms with Crippen LogP contribution in [0.4, 0.5) is 19.0 Å². The van der Waals surface area contributed by atoms with E-state index in [2.05, 4.69) is 9.97 Å². The monoisotopic (exact) mass is 418 g/mol. The molecule has 0 saturated carbocycles. The number of H-pyrrole nitrogens is 1. The molecule has 156 valence electrons. The van der Waals surface area contributed by atoms with E-state index in [9.17, 15) is 22.8 Å². The summed E-state index contributed by atoms with van der Waals surface area (Å²) in [4.78, 5) is 35.3. The van der Waals surface area contributed by atoms with Crippen LogP contribution in [-0.2, 0) is 17.5 Å².